The lowest BCUT2D eigenvalue weighted by Crippen LogP contribution is -2.40. The van der Waals surface area contributed by atoms with Crippen LogP contribution in [0.15, 0.2) is 0 Å². The first kappa shape index (κ1) is 18.4. The molecule has 0 saturated carbocycles. The molecule has 4 heteroatoms. The molecule has 0 fully saturated rings. The van der Waals surface area contributed by atoms with Crippen LogP contribution in [0, 0.1) is 0 Å². The van der Waals surface area contributed by atoms with Gasteiger partial charge in [-0.2, -0.15) is 0 Å². The van der Waals surface area contributed by atoms with Crippen LogP contribution in [0.3, 0.4) is 0 Å². The second kappa shape index (κ2) is 11.2. The number of aliphatic hydroxyl groups is 2. The fourth-order valence-electron chi connectivity index (χ4n) is 2.13. The Morgan fingerprint density at radius 3 is 1.89 bits per heavy atom. The number of hydrogen-bond donors (Lipinski definition) is 2. The standard InChI is InChI=1S/C15H31NO3/c1-4-5-6-7-8-9-10-15(19)16(11-13(2)17)12-14(3)18/h13-14,17-18H,4-12H2,1-3H3. The summed E-state index contributed by atoms with van der Waals surface area (Å²) in [4.78, 5) is 13.6. The van der Waals surface area contributed by atoms with Gasteiger partial charge in [0, 0.05) is 19.5 Å². The molecule has 0 spiro atoms. The van der Waals surface area contributed by atoms with Gasteiger partial charge in [-0.3, -0.25) is 4.79 Å². The van der Waals surface area contributed by atoms with E-state index < -0.39 is 12.2 Å². The molecule has 0 radical (unpaired) electrons. The number of aliphatic hydroxyl groups excluding tert-OH is 2. The molecule has 0 bridgehead atoms. The van der Waals surface area contributed by atoms with Crippen molar-refractivity contribution in [1.29, 1.82) is 0 Å². The molecule has 0 aliphatic rings. The molecule has 19 heavy (non-hydrogen) atoms. The maximum Gasteiger partial charge on any atom is 0.222 e. The molecular formula is C15H31NO3. The molecule has 0 saturated heterocycles. The van der Waals surface area contributed by atoms with Crippen LogP contribution in [0.5, 0.6) is 0 Å². The smallest absolute Gasteiger partial charge is 0.222 e. The van der Waals surface area contributed by atoms with Crippen LogP contribution in [0.25, 0.3) is 0 Å². The first-order valence-electron chi connectivity index (χ1n) is 7.61. The predicted molar refractivity (Wildman–Crippen MR) is 77.9 cm³/mol. The van der Waals surface area contributed by atoms with Gasteiger partial charge >= 0.3 is 0 Å². The van der Waals surface area contributed by atoms with E-state index in [1.54, 1.807) is 18.7 Å². The SMILES string of the molecule is CCCCCCCCC(=O)N(CC(C)O)CC(C)O. The average Bonchev–Trinajstić information content (AvgIpc) is 2.31. The van der Waals surface area contributed by atoms with Gasteiger partial charge in [-0.25, -0.2) is 0 Å². The zero-order valence-electron chi connectivity index (χ0n) is 12.8. The van der Waals surface area contributed by atoms with E-state index in [-0.39, 0.29) is 5.91 Å². The Morgan fingerprint density at radius 2 is 1.42 bits per heavy atom. The monoisotopic (exact) mass is 273 g/mol. The van der Waals surface area contributed by atoms with Crippen LogP contribution in [0.1, 0.15) is 65.7 Å². The zero-order valence-corrected chi connectivity index (χ0v) is 12.8. The Balaban J connectivity index is 3.90. The molecule has 0 aromatic carbocycles. The molecule has 2 atom stereocenters. The topological polar surface area (TPSA) is 60.8 Å². The quantitative estimate of drug-likeness (QED) is 0.568. The summed E-state index contributed by atoms with van der Waals surface area (Å²) < 4.78 is 0. The molecule has 2 N–H and O–H groups in total. The van der Waals surface area contributed by atoms with Crippen LogP contribution >= 0.6 is 0 Å². The van der Waals surface area contributed by atoms with Gasteiger partial charge in [-0.05, 0) is 20.3 Å². The number of amides is 1. The van der Waals surface area contributed by atoms with Gasteiger partial charge < -0.3 is 15.1 Å². The van der Waals surface area contributed by atoms with Crippen molar-refractivity contribution in [1.82, 2.24) is 4.90 Å². The van der Waals surface area contributed by atoms with Crippen LogP contribution in [-0.2, 0) is 4.79 Å². The molecule has 4 nitrogen and oxygen atoms in total. The molecule has 2 unspecified atom stereocenters. The normalized spacial score (nSPS) is 14.2. The Morgan fingerprint density at radius 1 is 0.947 bits per heavy atom. The van der Waals surface area contributed by atoms with E-state index in [1.165, 1.54) is 25.7 Å². The highest BCUT2D eigenvalue weighted by Crippen LogP contribution is 2.09. The molecule has 0 rings (SSSR count). The van der Waals surface area contributed by atoms with E-state index in [0.29, 0.717) is 19.5 Å². The highest BCUT2D eigenvalue weighted by atomic mass is 16.3. The average molecular weight is 273 g/mol. The maximum atomic E-state index is 12.0. The minimum atomic E-state index is -0.549. The second-order valence-corrected chi connectivity index (χ2v) is 5.51. The largest absolute Gasteiger partial charge is 0.392 e. The molecule has 0 aliphatic carbocycles. The molecule has 0 heterocycles. The van der Waals surface area contributed by atoms with Crippen molar-refractivity contribution in [2.75, 3.05) is 13.1 Å². The first-order valence-corrected chi connectivity index (χ1v) is 7.61. The lowest BCUT2D eigenvalue weighted by molar-refractivity contribution is -0.134. The molecule has 0 aliphatic heterocycles. The predicted octanol–water partition coefficient (Wildman–Crippen LogP) is 2.33. The van der Waals surface area contributed by atoms with Gasteiger partial charge in [0.25, 0.3) is 0 Å². The number of nitrogens with zero attached hydrogens (tertiary/aromatic N) is 1. The minimum absolute atomic E-state index is 0.0392. The third kappa shape index (κ3) is 11.0. The number of rotatable bonds is 11. The fourth-order valence-corrected chi connectivity index (χ4v) is 2.13. The van der Waals surface area contributed by atoms with E-state index in [1.807, 2.05) is 0 Å². The van der Waals surface area contributed by atoms with Gasteiger partial charge in [0.2, 0.25) is 5.91 Å². The van der Waals surface area contributed by atoms with Crippen molar-refractivity contribution >= 4 is 5.91 Å². The van der Waals surface area contributed by atoms with Crippen molar-refractivity contribution in [3.63, 3.8) is 0 Å². The van der Waals surface area contributed by atoms with Gasteiger partial charge in [0.15, 0.2) is 0 Å². The van der Waals surface area contributed by atoms with E-state index >= 15 is 0 Å². The van der Waals surface area contributed by atoms with E-state index in [4.69, 9.17) is 0 Å². The molecule has 0 aromatic rings. The third-order valence-corrected chi connectivity index (χ3v) is 3.07. The summed E-state index contributed by atoms with van der Waals surface area (Å²) in [7, 11) is 0. The van der Waals surface area contributed by atoms with Gasteiger partial charge in [0.1, 0.15) is 0 Å². The molecule has 0 aromatic heterocycles. The number of carbonyl (C=O) groups is 1. The van der Waals surface area contributed by atoms with E-state index in [9.17, 15) is 15.0 Å². The summed E-state index contributed by atoms with van der Waals surface area (Å²) in [5.74, 6) is 0.0392. The minimum Gasteiger partial charge on any atom is -0.392 e. The Hall–Kier alpha value is -0.610. The molecule has 114 valence electrons. The van der Waals surface area contributed by atoms with Crippen molar-refractivity contribution in [2.45, 2.75) is 77.9 Å². The van der Waals surface area contributed by atoms with Gasteiger partial charge in [-0.15, -0.1) is 0 Å². The van der Waals surface area contributed by atoms with Crippen LogP contribution < -0.4 is 0 Å². The number of unbranched alkanes of at least 4 members (excludes halogenated alkanes) is 5. The summed E-state index contributed by atoms with van der Waals surface area (Å²) in [5, 5.41) is 18.8. The summed E-state index contributed by atoms with van der Waals surface area (Å²) >= 11 is 0. The van der Waals surface area contributed by atoms with E-state index in [0.717, 1.165) is 12.8 Å². The van der Waals surface area contributed by atoms with Crippen molar-refractivity contribution in [2.24, 2.45) is 0 Å². The van der Waals surface area contributed by atoms with Gasteiger partial charge in [-0.1, -0.05) is 39.0 Å². The Kier molecular flexibility index (Phi) is 10.9. The Labute approximate surface area is 117 Å². The number of hydrogen-bond acceptors (Lipinski definition) is 3. The van der Waals surface area contributed by atoms with Crippen molar-refractivity contribution in [3.05, 3.63) is 0 Å². The third-order valence-electron chi connectivity index (χ3n) is 3.07. The molecule has 1 amide bonds. The lowest BCUT2D eigenvalue weighted by atomic mass is 10.1. The highest BCUT2D eigenvalue weighted by molar-refractivity contribution is 5.76. The zero-order chi connectivity index (χ0) is 14.7. The van der Waals surface area contributed by atoms with Gasteiger partial charge in [0.05, 0.1) is 12.2 Å². The van der Waals surface area contributed by atoms with Crippen molar-refractivity contribution < 1.29 is 15.0 Å². The summed E-state index contributed by atoms with van der Waals surface area (Å²) in [6.07, 6.45) is 6.34. The summed E-state index contributed by atoms with van der Waals surface area (Å²) in [5.41, 5.74) is 0. The van der Waals surface area contributed by atoms with E-state index in [2.05, 4.69) is 6.92 Å². The summed E-state index contributed by atoms with van der Waals surface area (Å²) in [6.45, 7) is 6.12. The van der Waals surface area contributed by atoms with Crippen molar-refractivity contribution in [3.8, 4) is 0 Å². The van der Waals surface area contributed by atoms with Crippen LogP contribution in [-0.4, -0.2) is 46.3 Å². The van der Waals surface area contributed by atoms with Crippen LogP contribution in [0.2, 0.25) is 0 Å². The number of carbonyl (C=O) groups excluding carboxylic acids is 1. The van der Waals surface area contributed by atoms with Crippen LogP contribution in [0.4, 0.5) is 0 Å². The maximum absolute atomic E-state index is 12.0. The molecular weight excluding hydrogens is 242 g/mol. The first-order chi connectivity index (χ1) is 8.97. The summed E-state index contributed by atoms with van der Waals surface area (Å²) in [6, 6.07) is 0. The lowest BCUT2D eigenvalue weighted by Gasteiger charge is -2.25. The fraction of sp³-hybridized carbons (Fsp3) is 0.933. The second-order valence-electron chi connectivity index (χ2n) is 5.51. The highest BCUT2D eigenvalue weighted by Gasteiger charge is 2.16. The Bertz CT molecular complexity index is 219.